The lowest BCUT2D eigenvalue weighted by atomic mass is 10.0. The van der Waals surface area contributed by atoms with Gasteiger partial charge in [-0.25, -0.2) is 0 Å². The predicted molar refractivity (Wildman–Crippen MR) is 261 cm³/mol. The van der Waals surface area contributed by atoms with Crippen molar-refractivity contribution in [3.05, 3.63) is 36.5 Å². The molecule has 0 radical (unpaired) electrons. The van der Waals surface area contributed by atoms with E-state index in [4.69, 9.17) is 18.9 Å². The maximum absolute atomic E-state index is 12.7. The van der Waals surface area contributed by atoms with Crippen LogP contribution in [0.3, 0.4) is 0 Å². The molecule has 1 atom stereocenters. The summed E-state index contributed by atoms with van der Waals surface area (Å²) in [5.74, 6) is -0.111. The Hall–Kier alpha value is -1.96. The summed E-state index contributed by atoms with van der Waals surface area (Å²) in [6.07, 6.45) is 52.6. The molecule has 0 spiro atoms. The SMILES string of the molecule is CCCCCC/C=C\COC(=O)CCCCCCCCCC(CCCCCCCCCC(OC/C=C\CCCCCC)OC/C=C\CCCCCC)OC(=O)CCCN(C)C. The Kier molecular flexibility index (Phi) is 47.5. The van der Waals surface area contributed by atoms with Crippen LogP contribution >= 0.6 is 0 Å². The lowest BCUT2D eigenvalue weighted by Gasteiger charge is -2.19. The molecule has 0 aromatic heterocycles. The van der Waals surface area contributed by atoms with Crippen LogP contribution in [0.25, 0.3) is 0 Å². The highest BCUT2D eigenvalue weighted by atomic mass is 16.7. The third-order valence-corrected chi connectivity index (χ3v) is 11.4. The first-order valence-electron chi connectivity index (χ1n) is 26.1. The van der Waals surface area contributed by atoms with Crippen molar-refractivity contribution in [2.24, 2.45) is 0 Å². The lowest BCUT2D eigenvalue weighted by molar-refractivity contribution is -0.150. The molecule has 0 saturated carbocycles. The van der Waals surface area contributed by atoms with Crippen LogP contribution < -0.4 is 0 Å². The molecule has 0 N–H and O–H groups in total. The van der Waals surface area contributed by atoms with E-state index in [0.717, 1.165) is 90.0 Å². The second-order valence-electron chi connectivity index (χ2n) is 17.8. The van der Waals surface area contributed by atoms with E-state index in [-0.39, 0.29) is 24.3 Å². The number of rotatable bonds is 48. The second-order valence-corrected chi connectivity index (χ2v) is 17.8. The predicted octanol–water partition coefficient (Wildman–Crippen LogP) is 15.7. The van der Waals surface area contributed by atoms with E-state index in [2.05, 4.69) is 56.1 Å². The van der Waals surface area contributed by atoms with Gasteiger partial charge in [0.25, 0.3) is 0 Å². The fourth-order valence-electron chi connectivity index (χ4n) is 7.52. The standard InChI is InChI=1S/C54H101NO6/c1-6-9-12-15-24-31-38-48-58-52(56)44-36-29-22-18-20-27-34-42-51(61-53(57)45-41-47-55(4)5)43-35-28-21-19-23-30-37-46-54(59-49-39-32-25-16-13-10-7-2)60-50-40-33-26-17-14-11-8-3/h31-33,38-40,51,54H,6-30,34-37,41-50H2,1-5H3/b38-31-,39-32-,40-33-. The van der Waals surface area contributed by atoms with Crippen LogP contribution in [0.2, 0.25) is 0 Å². The number of ether oxygens (including phenoxy) is 4. The third-order valence-electron chi connectivity index (χ3n) is 11.4. The molecule has 7 nitrogen and oxygen atoms in total. The number of allylic oxidation sites excluding steroid dienone is 3. The van der Waals surface area contributed by atoms with Gasteiger partial charge in [-0.2, -0.15) is 0 Å². The normalized spacial score (nSPS) is 12.6. The molecule has 0 saturated heterocycles. The van der Waals surface area contributed by atoms with Gasteiger partial charge in [-0.05, 0) is 111 Å². The van der Waals surface area contributed by atoms with E-state index >= 15 is 0 Å². The molecule has 0 bridgehead atoms. The van der Waals surface area contributed by atoms with Gasteiger partial charge >= 0.3 is 11.9 Å². The van der Waals surface area contributed by atoms with E-state index in [0.29, 0.717) is 32.7 Å². The van der Waals surface area contributed by atoms with Crippen LogP contribution in [0.1, 0.15) is 245 Å². The summed E-state index contributed by atoms with van der Waals surface area (Å²) in [6, 6.07) is 0. The van der Waals surface area contributed by atoms with Crippen molar-refractivity contribution in [3.63, 3.8) is 0 Å². The van der Waals surface area contributed by atoms with Crippen LogP contribution in [-0.2, 0) is 28.5 Å². The first-order valence-corrected chi connectivity index (χ1v) is 26.1. The van der Waals surface area contributed by atoms with Crippen LogP contribution in [-0.4, -0.2) is 69.7 Å². The molecule has 1 unspecified atom stereocenters. The summed E-state index contributed by atoms with van der Waals surface area (Å²) >= 11 is 0. The summed E-state index contributed by atoms with van der Waals surface area (Å²) in [6.45, 7) is 9.31. The van der Waals surface area contributed by atoms with E-state index in [1.54, 1.807) is 0 Å². The van der Waals surface area contributed by atoms with E-state index in [1.165, 1.54) is 128 Å². The number of carbonyl (C=O) groups is 2. The molecule has 0 aliphatic heterocycles. The van der Waals surface area contributed by atoms with Crippen molar-refractivity contribution in [1.82, 2.24) is 4.90 Å². The van der Waals surface area contributed by atoms with Crippen molar-refractivity contribution in [1.29, 1.82) is 0 Å². The van der Waals surface area contributed by atoms with Crippen LogP contribution in [0.5, 0.6) is 0 Å². The molecule has 0 heterocycles. The monoisotopic (exact) mass is 860 g/mol. The number of unbranched alkanes of at least 4 members (excludes halogenated alkanes) is 24. The zero-order valence-corrected chi connectivity index (χ0v) is 41.1. The molecular weight excluding hydrogens is 759 g/mol. The minimum Gasteiger partial charge on any atom is -0.462 e. The molecular formula is C54H101NO6. The van der Waals surface area contributed by atoms with Gasteiger partial charge in [0.15, 0.2) is 6.29 Å². The van der Waals surface area contributed by atoms with Crippen molar-refractivity contribution >= 4 is 11.9 Å². The van der Waals surface area contributed by atoms with Gasteiger partial charge in [0, 0.05) is 12.8 Å². The van der Waals surface area contributed by atoms with Crippen molar-refractivity contribution in [3.8, 4) is 0 Å². The van der Waals surface area contributed by atoms with Crippen molar-refractivity contribution in [2.75, 3.05) is 40.5 Å². The average Bonchev–Trinajstić information content (AvgIpc) is 3.24. The number of carbonyl (C=O) groups excluding carboxylic acids is 2. The minimum absolute atomic E-state index is 0.0352. The first kappa shape index (κ1) is 59.0. The fourth-order valence-corrected chi connectivity index (χ4v) is 7.52. The van der Waals surface area contributed by atoms with Crippen LogP contribution in [0, 0.1) is 0 Å². The summed E-state index contributed by atoms with van der Waals surface area (Å²) in [5.41, 5.74) is 0. The van der Waals surface area contributed by atoms with Crippen molar-refractivity contribution < 1.29 is 28.5 Å². The van der Waals surface area contributed by atoms with Gasteiger partial charge in [0.05, 0.1) is 13.2 Å². The second kappa shape index (κ2) is 49.1. The zero-order chi connectivity index (χ0) is 44.5. The van der Waals surface area contributed by atoms with Gasteiger partial charge in [0.2, 0.25) is 0 Å². The number of hydrogen-bond donors (Lipinski definition) is 0. The molecule has 0 aromatic carbocycles. The molecule has 0 aliphatic rings. The maximum Gasteiger partial charge on any atom is 0.306 e. The Morgan fingerprint density at radius 3 is 1.28 bits per heavy atom. The lowest BCUT2D eigenvalue weighted by Crippen LogP contribution is -2.20. The Bertz CT molecular complexity index is 983. The zero-order valence-electron chi connectivity index (χ0n) is 41.1. The van der Waals surface area contributed by atoms with Gasteiger partial charge in [-0.1, -0.05) is 179 Å². The number of hydrogen-bond acceptors (Lipinski definition) is 7. The number of nitrogens with zero attached hydrogens (tertiary/aromatic N) is 1. The van der Waals surface area contributed by atoms with Crippen LogP contribution in [0.4, 0.5) is 0 Å². The van der Waals surface area contributed by atoms with Gasteiger partial charge in [0.1, 0.15) is 12.7 Å². The van der Waals surface area contributed by atoms with Crippen LogP contribution in [0.15, 0.2) is 36.5 Å². The highest BCUT2D eigenvalue weighted by Gasteiger charge is 2.15. The molecule has 0 aliphatic carbocycles. The summed E-state index contributed by atoms with van der Waals surface area (Å²) in [4.78, 5) is 26.8. The molecule has 0 aromatic rings. The Morgan fingerprint density at radius 2 is 0.820 bits per heavy atom. The Labute approximate surface area is 379 Å². The van der Waals surface area contributed by atoms with Gasteiger partial charge < -0.3 is 23.8 Å². The Morgan fingerprint density at radius 1 is 0.426 bits per heavy atom. The Balaban J connectivity index is 4.38. The number of esters is 2. The minimum atomic E-state index is -0.137. The van der Waals surface area contributed by atoms with Gasteiger partial charge in [-0.15, -0.1) is 0 Å². The average molecular weight is 860 g/mol. The molecule has 61 heavy (non-hydrogen) atoms. The van der Waals surface area contributed by atoms with Crippen molar-refractivity contribution in [2.45, 2.75) is 258 Å². The fraction of sp³-hybridized carbons (Fsp3) is 0.852. The quantitative estimate of drug-likeness (QED) is 0.0261. The summed E-state index contributed by atoms with van der Waals surface area (Å²) < 4.78 is 23.7. The topological polar surface area (TPSA) is 74.3 Å². The highest BCUT2D eigenvalue weighted by Crippen LogP contribution is 2.19. The highest BCUT2D eigenvalue weighted by molar-refractivity contribution is 5.69. The molecule has 0 amide bonds. The van der Waals surface area contributed by atoms with Gasteiger partial charge in [-0.3, -0.25) is 9.59 Å². The first-order chi connectivity index (χ1) is 29.9. The molecule has 0 fully saturated rings. The van der Waals surface area contributed by atoms with E-state index < -0.39 is 0 Å². The molecule has 0 rings (SSSR count). The molecule has 358 valence electrons. The summed E-state index contributed by atoms with van der Waals surface area (Å²) in [5, 5.41) is 0. The summed E-state index contributed by atoms with van der Waals surface area (Å²) in [7, 11) is 4.09. The van der Waals surface area contributed by atoms with E-state index in [9.17, 15) is 9.59 Å². The smallest absolute Gasteiger partial charge is 0.306 e. The maximum atomic E-state index is 12.7. The largest absolute Gasteiger partial charge is 0.462 e. The van der Waals surface area contributed by atoms with E-state index in [1.807, 2.05) is 20.2 Å². The third kappa shape index (κ3) is 47.4. The molecule has 7 heteroatoms.